The Bertz CT molecular complexity index is 1410. The summed E-state index contributed by atoms with van der Waals surface area (Å²) in [5.41, 5.74) is 9.54. The van der Waals surface area contributed by atoms with Gasteiger partial charge in [0.05, 0.1) is 6.61 Å². The van der Waals surface area contributed by atoms with E-state index >= 15 is 0 Å². The van der Waals surface area contributed by atoms with Crippen LogP contribution in [-0.2, 0) is 6.54 Å². The molecular weight excluding hydrogens is 480 g/mol. The number of nitrogens with one attached hydrogen (secondary N) is 2. The number of nitrogens with zero attached hydrogens (tertiary/aromatic N) is 3. The standard InChI is InChI=1S/C29H32N6O3/c1-29(2,3)38-23-12-8-19(9-13-23)26(36)35-27(30)33-28(34-35)32-21-10-14-22(15-11-21)37-17-16-25-24-7-5-4-6-20(24)18-31-25/h4-15,25,31H,16-18H2,1-3H3,(H3,30,32,33,34). The van der Waals surface area contributed by atoms with Crippen LogP contribution in [0, 0.1) is 0 Å². The second-order valence-corrected chi connectivity index (χ2v) is 10.2. The summed E-state index contributed by atoms with van der Waals surface area (Å²) >= 11 is 0. The molecule has 0 aliphatic carbocycles. The van der Waals surface area contributed by atoms with Crippen LogP contribution in [0.5, 0.6) is 11.5 Å². The lowest BCUT2D eigenvalue weighted by molar-refractivity contribution is 0.0948. The molecule has 0 saturated heterocycles. The maximum atomic E-state index is 12.9. The van der Waals surface area contributed by atoms with E-state index in [-0.39, 0.29) is 23.4 Å². The van der Waals surface area contributed by atoms with Crippen LogP contribution in [0.15, 0.2) is 72.8 Å². The number of carbonyl (C=O) groups excluding carboxylic acids is 1. The van der Waals surface area contributed by atoms with Gasteiger partial charge in [-0.25, -0.2) is 0 Å². The van der Waals surface area contributed by atoms with Crippen molar-refractivity contribution in [3.05, 3.63) is 89.5 Å². The molecular formula is C29H32N6O3. The molecule has 4 aromatic rings. The van der Waals surface area contributed by atoms with Crippen molar-refractivity contribution in [3.8, 4) is 11.5 Å². The van der Waals surface area contributed by atoms with Crippen molar-refractivity contribution in [3.63, 3.8) is 0 Å². The number of rotatable bonds is 8. The topological polar surface area (TPSA) is 116 Å². The van der Waals surface area contributed by atoms with Crippen LogP contribution in [0.1, 0.15) is 54.7 Å². The van der Waals surface area contributed by atoms with E-state index in [4.69, 9.17) is 15.2 Å². The Kier molecular flexibility index (Phi) is 7.02. The normalized spacial score (nSPS) is 14.7. The van der Waals surface area contributed by atoms with E-state index in [1.807, 2.05) is 45.0 Å². The van der Waals surface area contributed by atoms with Crippen molar-refractivity contribution < 1.29 is 14.3 Å². The van der Waals surface area contributed by atoms with Crippen LogP contribution >= 0.6 is 0 Å². The molecule has 4 N–H and O–H groups in total. The smallest absolute Gasteiger partial charge is 0.281 e. The van der Waals surface area contributed by atoms with E-state index in [0.717, 1.165) is 29.1 Å². The summed E-state index contributed by atoms with van der Waals surface area (Å²) in [6.07, 6.45) is 0.887. The molecule has 1 aromatic heterocycles. The van der Waals surface area contributed by atoms with Gasteiger partial charge in [-0.15, -0.1) is 5.10 Å². The van der Waals surface area contributed by atoms with Gasteiger partial charge in [0.25, 0.3) is 5.91 Å². The maximum absolute atomic E-state index is 12.9. The molecule has 1 atom stereocenters. The highest BCUT2D eigenvalue weighted by Gasteiger charge is 2.21. The number of fused-ring (bicyclic) bond motifs is 1. The molecule has 9 nitrogen and oxygen atoms in total. The van der Waals surface area contributed by atoms with E-state index in [1.165, 1.54) is 11.1 Å². The molecule has 3 aromatic carbocycles. The van der Waals surface area contributed by atoms with Crippen molar-refractivity contribution in [2.75, 3.05) is 17.7 Å². The molecule has 38 heavy (non-hydrogen) atoms. The van der Waals surface area contributed by atoms with E-state index in [0.29, 0.717) is 24.0 Å². The Morgan fingerprint density at radius 3 is 2.50 bits per heavy atom. The zero-order valence-corrected chi connectivity index (χ0v) is 21.8. The minimum Gasteiger partial charge on any atom is -0.494 e. The number of hydrogen-bond acceptors (Lipinski definition) is 8. The van der Waals surface area contributed by atoms with Crippen LogP contribution in [-0.4, -0.2) is 32.9 Å². The van der Waals surface area contributed by atoms with Crippen LogP contribution in [0.3, 0.4) is 0 Å². The van der Waals surface area contributed by atoms with Crippen molar-refractivity contribution in [1.82, 2.24) is 20.1 Å². The van der Waals surface area contributed by atoms with E-state index < -0.39 is 0 Å². The Morgan fingerprint density at radius 2 is 1.76 bits per heavy atom. The Labute approximate surface area is 222 Å². The number of anilines is 3. The summed E-state index contributed by atoms with van der Waals surface area (Å²) in [4.78, 5) is 17.1. The number of nitrogen functional groups attached to an aromatic ring is 1. The van der Waals surface area contributed by atoms with Crippen LogP contribution in [0.4, 0.5) is 17.6 Å². The fourth-order valence-corrected chi connectivity index (χ4v) is 4.36. The van der Waals surface area contributed by atoms with Gasteiger partial charge in [0.1, 0.15) is 17.1 Å². The summed E-state index contributed by atoms with van der Waals surface area (Å²) in [5.74, 6) is 1.29. The third-order valence-corrected chi connectivity index (χ3v) is 6.10. The molecule has 0 spiro atoms. The molecule has 0 fully saturated rings. The summed E-state index contributed by atoms with van der Waals surface area (Å²) < 4.78 is 12.8. The highest BCUT2D eigenvalue weighted by atomic mass is 16.5. The third-order valence-electron chi connectivity index (χ3n) is 6.10. The van der Waals surface area contributed by atoms with E-state index in [2.05, 4.69) is 45.0 Å². The number of aromatic nitrogens is 3. The van der Waals surface area contributed by atoms with Crippen LogP contribution < -0.4 is 25.8 Å². The minimum absolute atomic E-state index is 0.00503. The average molecular weight is 513 g/mol. The zero-order chi connectivity index (χ0) is 26.7. The number of benzene rings is 3. The first-order valence-corrected chi connectivity index (χ1v) is 12.6. The Balaban J connectivity index is 1.16. The van der Waals surface area contributed by atoms with Gasteiger partial charge in [-0.3, -0.25) is 4.79 Å². The zero-order valence-electron chi connectivity index (χ0n) is 21.8. The minimum atomic E-state index is -0.381. The third kappa shape index (κ3) is 5.95. The Hall–Kier alpha value is -4.37. The van der Waals surface area contributed by atoms with Crippen molar-refractivity contribution in [1.29, 1.82) is 0 Å². The number of nitrogens with two attached hydrogens (primary N) is 1. The molecule has 1 unspecified atom stereocenters. The first-order valence-electron chi connectivity index (χ1n) is 12.6. The first kappa shape index (κ1) is 25.3. The summed E-state index contributed by atoms with van der Waals surface area (Å²) in [5, 5.41) is 10.9. The molecule has 0 radical (unpaired) electrons. The Morgan fingerprint density at radius 1 is 1.05 bits per heavy atom. The number of hydrogen-bond donors (Lipinski definition) is 3. The van der Waals surface area contributed by atoms with Gasteiger partial charge < -0.3 is 25.8 Å². The fraction of sp³-hybridized carbons (Fsp3) is 0.276. The lowest BCUT2D eigenvalue weighted by Crippen LogP contribution is -2.23. The van der Waals surface area contributed by atoms with Crippen LogP contribution in [0.2, 0.25) is 0 Å². The summed E-state index contributed by atoms with van der Waals surface area (Å²) in [7, 11) is 0. The quantitative estimate of drug-likeness (QED) is 0.299. The average Bonchev–Trinajstić information content (AvgIpc) is 3.47. The second-order valence-electron chi connectivity index (χ2n) is 10.2. The molecule has 0 saturated carbocycles. The highest BCUT2D eigenvalue weighted by Crippen LogP contribution is 2.28. The van der Waals surface area contributed by atoms with Gasteiger partial charge in [-0.2, -0.15) is 9.67 Å². The molecule has 1 aliphatic rings. The molecule has 0 bridgehead atoms. The van der Waals surface area contributed by atoms with Crippen molar-refractivity contribution in [2.45, 2.75) is 45.4 Å². The van der Waals surface area contributed by atoms with Crippen molar-refractivity contribution in [2.24, 2.45) is 0 Å². The number of carbonyl (C=O) groups is 1. The predicted octanol–water partition coefficient (Wildman–Crippen LogP) is 5.08. The molecule has 1 aliphatic heterocycles. The molecule has 5 rings (SSSR count). The van der Waals surface area contributed by atoms with Crippen molar-refractivity contribution >= 4 is 23.5 Å². The molecule has 9 heteroatoms. The van der Waals surface area contributed by atoms with Gasteiger partial charge in [-0.05, 0) is 80.4 Å². The van der Waals surface area contributed by atoms with E-state index in [1.54, 1.807) is 24.3 Å². The lowest BCUT2D eigenvalue weighted by Gasteiger charge is -2.21. The lowest BCUT2D eigenvalue weighted by atomic mass is 10.0. The van der Waals surface area contributed by atoms with Gasteiger partial charge >= 0.3 is 0 Å². The summed E-state index contributed by atoms with van der Waals surface area (Å²) in [6.45, 7) is 7.40. The SMILES string of the molecule is CC(C)(C)Oc1ccc(C(=O)n2nc(Nc3ccc(OCCC4NCc5ccccc54)cc3)nc2N)cc1. The van der Waals surface area contributed by atoms with E-state index in [9.17, 15) is 4.79 Å². The highest BCUT2D eigenvalue weighted by molar-refractivity contribution is 5.97. The van der Waals surface area contributed by atoms with Gasteiger partial charge in [0.15, 0.2) is 0 Å². The predicted molar refractivity (Wildman–Crippen MR) is 147 cm³/mol. The number of ether oxygens (including phenoxy) is 2. The second kappa shape index (κ2) is 10.5. The fourth-order valence-electron chi connectivity index (χ4n) is 4.36. The summed E-state index contributed by atoms with van der Waals surface area (Å²) in [6, 6.07) is 23.1. The maximum Gasteiger partial charge on any atom is 0.281 e. The van der Waals surface area contributed by atoms with Gasteiger partial charge in [0.2, 0.25) is 11.9 Å². The van der Waals surface area contributed by atoms with Gasteiger partial charge in [0, 0.05) is 30.3 Å². The van der Waals surface area contributed by atoms with Crippen LogP contribution in [0.25, 0.3) is 0 Å². The van der Waals surface area contributed by atoms with Gasteiger partial charge in [-0.1, -0.05) is 24.3 Å². The monoisotopic (exact) mass is 512 g/mol. The largest absolute Gasteiger partial charge is 0.494 e. The molecule has 0 amide bonds. The molecule has 196 valence electrons. The molecule has 2 heterocycles. The first-order chi connectivity index (χ1) is 18.2.